The molecule has 1 aliphatic heterocycles. The third kappa shape index (κ3) is 16.4. The van der Waals surface area contributed by atoms with Gasteiger partial charge in [-0.2, -0.15) is 0 Å². The topological polar surface area (TPSA) is 161 Å². The number of carbonyl (C=O) groups is 3. The van der Waals surface area contributed by atoms with Gasteiger partial charge in [0.25, 0.3) is 0 Å². The lowest BCUT2D eigenvalue weighted by molar-refractivity contribution is -0.138. The number of fused-ring (bicyclic) bond motifs is 5. The second kappa shape index (κ2) is 25.3. The Balaban J connectivity index is 0.887. The van der Waals surface area contributed by atoms with Crippen molar-refractivity contribution < 1.29 is 57.4 Å². The van der Waals surface area contributed by atoms with E-state index < -0.39 is 5.97 Å². The zero-order chi connectivity index (χ0) is 37.4. The lowest BCUT2D eigenvalue weighted by Gasteiger charge is -2.28. The highest BCUT2D eigenvalue weighted by Crippen LogP contribution is 2.51. The van der Waals surface area contributed by atoms with E-state index in [9.17, 15) is 14.4 Å². The molecule has 0 aromatic heterocycles. The van der Waals surface area contributed by atoms with Gasteiger partial charge in [0.2, 0.25) is 11.8 Å². The highest BCUT2D eigenvalue weighted by molar-refractivity contribution is 5.99. The molecule has 2 aromatic rings. The number of carbonyl (C=O) groups excluding carboxylic acids is 2. The van der Waals surface area contributed by atoms with Crippen molar-refractivity contribution in [1.82, 2.24) is 5.32 Å². The van der Waals surface area contributed by atoms with Crippen molar-refractivity contribution in [3.8, 4) is 0 Å². The Morgan fingerprint density at radius 3 is 1.66 bits per heavy atom. The molecule has 292 valence electrons. The normalized spacial score (nSPS) is 14.4. The molecule has 2 aromatic carbocycles. The maximum absolute atomic E-state index is 13.4. The summed E-state index contributed by atoms with van der Waals surface area (Å²) in [6, 6.07) is 16.3. The molecule has 14 heteroatoms. The fraction of sp³-hybridized carbons (Fsp3) is 0.564. The van der Waals surface area contributed by atoms with Crippen LogP contribution in [0.25, 0.3) is 5.57 Å². The summed E-state index contributed by atoms with van der Waals surface area (Å²) < 4.78 is 43.3. The maximum atomic E-state index is 13.4. The lowest BCUT2D eigenvalue weighted by atomic mass is 9.94. The van der Waals surface area contributed by atoms with Crippen molar-refractivity contribution in [2.45, 2.75) is 31.7 Å². The van der Waals surface area contributed by atoms with Crippen LogP contribution in [0.5, 0.6) is 0 Å². The summed E-state index contributed by atoms with van der Waals surface area (Å²) in [5.74, 6) is -0.908. The molecule has 1 unspecified atom stereocenters. The number of anilines is 1. The molecule has 1 aliphatic carbocycles. The molecule has 1 heterocycles. The van der Waals surface area contributed by atoms with Gasteiger partial charge in [-0.3, -0.25) is 14.4 Å². The van der Waals surface area contributed by atoms with Crippen LogP contribution in [-0.2, 0) is 58.8 Å². The number of para-hydroxylation sites is 1. The van der Waals surface area contributed by atoms with Gasteiger partial charge >= 0.3 is 5.97 Å². The summed E-state index contributed by atoms with van der Waals surface area (Å²) in [7, 11) is 0. The summed E-state index contributed by atoms with van der Waals surface area (Å²) in [5, 5.41) is 11.3. The fourth-order valence-corrected chi connectivity index (χ4v) is 5.57. The number of amides is 2. The zero-order valence-electron chi connectivity index (χ0n) is 30.5. The summed E-state index contributed by atoms with van der Waals surface area (Å²) in [4.78, 5) is 38.1. The molecule has 1 atom stereocenters. The first-order valence-electron chi connectivity index (χ1n) is 18.3. The van der Waals surface area contributed by atoms with Crippen LogP contribution in [0.4, 0.5) is 5.69 Å². The number of nitrogens with zero attached hydrogens (tertiary/aromatic N) is 1. The molecule has 2 aliphatic rings. The molecule has 0 fully saturated rings. The van der Waals surface area contributed by atoms with Gasteiger partial charge in [-0.15, -0.1) is 0 Å². The molecule has 4 rings (SSSR count). The number of aliphatic carboxylic acids is 1. The predicted octanol–water partition coefficient (Wildman–Crippen LogP) is 3.22. The van der Waals surface area contributed by atoms with Crippen molar-refractivity contribution in [3.05, 3.63) is 71.3 Å². The van der Waals surface area contributed by atoms with Crippen molar-refractivity contribution >= 4 is 29.0 Å². The summed E-state index contributed by atoms with van der Waals surface area (Å²) >= 11 is 0. The molecule has 2 amide bonds. The molecule has 0 bridgehead atoms. The van der Waals surface area contributed by atoms with Crippen molar-refractivity contribution in [2.24, 2.45) is 0 Å². The standard InChI is InChI=1S/C39H54N2O12/c42-37(9-10-38(43)41-30-31-5-1-2-6-32(31)34-29-35(34)33-7-3-4-8-36(33)41)40-12-14-47-16-18-49-20-22-51-24-26-53-28-27-52-25-23-50-21-19-48-17-15-46-13-11-39(44)45/h1-8,29,35H,9-28,30H2,(H,40,42)(H,44,45). The van der Waals surface area contributed by atoms with Gasteiger partial charge in [-0.1, -0.05) is 48.5 Å². The monoisotopic (exact) mass is 742 g/mol. The molecule has 2 N–H and O–H groups in total. The van der Waals surface area contributed by atoms with Crippen molar-refractivity contribution in [1.29, 1.82) is 0 Å². The second-order valence-corrected chi connectivity index (χ2v) is 12.2. The van der Waals surface area contributed by atoms with E-state index in [0.717, 1.165) is 16.8 Å². The van der Waals surface area contributed by atoms with Crippen LogP contribution in [0.15, 0.2) is 54.6 Å². The SMILES string of the molecule is O=C(O)CCOCCOCCOCCOCCOCCOCCOCCOCCNC(=O)CCC(=O)N1Cc2ccccc2C2=CC2c2ccccc21. The first-order valence-corrected chi connectivity index (χ1v) is 18.3. The lowest BCUT2D eigenvalue weighted by Crippen LogP contribution is -2.34. The molecule has 0 radical (unpaired) electrons. The highest BCUT2D eigenvalue weighted by Gasteiger charge is 2.35. The van der Waals surface area contributed by atoms with Crippen LogP contribution in [-0.4, -0.2) is 135 Å². The predicted molar refractivity (Wildman–Crippen MR) is 196 cm³/mol. The number of benzene rings is 2. The third-order valence-electron chi connectivity index (χ3n) is 8.29. The van der Waals surface area contributed by atoms with Gasteiger partial charge in [-0.25, -0.2) is 0 Å². The van der Waals surface area contributed by atoms with E-state index in [1.54, 1.807) is 0 Å². The number of carboxylic acids is 1. The van der Waals surface area contributed by atoms with Gasteiger partial charge in [-0.05, 0) is 28.3 Å². The van der Waals surface area contributed by atoms with Gasteiger partial charge in [0, 0.05) is 31.0 Å². The average Bonchev–Trinajstić information content (AvgIpc) is 3.95. The fourth-order valence-electron chi connectivity index (χ4n) is 5.57. The van der Waals surface area contributed by atoms with Crippen LogP contribution in [0.3, 0.4) is 0 Å². The van der Waals surface area contributed by atoms with Crippen molar-refractivity contribution in [2.75, 3.05) is 117 Å². The summed E-state index contributed by atoms with van der Waals surface area (Å²) in [5.41, 5.74) is 5.66. The number of ether oxygens (including phenoxy) is 8. The molecule has 0 saturated carbocycles. The molecule has 0 saturated heterocycles. The molecule has 14 nitrogen and oxygen atoms in total. The minimum Gasteiger partial charge on any atom is -0.481 e. The number of hydrogen-bond acceptors (Lipinski definition) is 11. The van der Waals surface area contributed by atoms with E-state index in [1.807, 2.05) is 35.2 Å². The van der Waals surface area contributed by atoms with Crippen LogP contribution in [0.2, 0.25) is 0 Å². The van der Waals surface area contributed by atoms with Gasteiger partial charge in [0.1, 0.15) is 0 Å². The summed E-state index contributed by atoms with van der Waals surface area (Å²) in [6.07, 6.45) is 2.47. The molecule has 53 heavy (non-hydrogen) atoms. The second-order valence-electron chi connectivity index (χ2n) is 12.2. The number of nitrogens with one attached hydrogen (secondary N) is 1. The Bertz CT molecular complexity index is 1420. The Labute approximate surface area is 311 Å². The first-order chi connectivity index (χ1) is 26.0. The molecular formula is C39H54N2O12. The number of hydrogen-bond donors (Lipinski definition) is 2. The Kier molecular flexibility index (Phi) is 20.1. The van der Waals surface area contributed by atoms with E-state index in [2.05, 4.69) is 29.6 Å². The number of allylic oxidation sites excluding steroid dienone is 2. The Morgan fingerprint density at radius 2 is 1.09 bits per heavy atom. The quantitative estimate of drug-likeness (QED) is 0.113. The van der Waals surface area contributed by atoms with E-state index in [1.165, 1.54) is 11.1 Å². The zero-order valence-corrected chi connectivity index (χ0v) is 30.5. The smallest absolute Gasteiger partial charge is 0.305 e. The average molecular weight is 743 g/mol. The van der Waals surface area contributed by atoms with Crippen LogP contribution in [0.1, 0.15) is 41.9 Å². The minimum absolute atomic E-state index is 0.0105. The molecule has 0 spiro atoms. The highest BCUT2D eigenvalue weighted by atomic mass is 16.6. The maximum Gasteiger partial charge on any atom is 0.305 e. The van der Waals surface area contributed by atoms with Crippen LogP contribution < -0.4 is 10.2 Å². The Morgan fingerprint density at radius 1 is 0.604 bits per heavy atom. The largest absolute Gasteiger partial charge is 0.481 e. The number of rotatable bonds is 30. The van der Waals surface area contributed by atoms with Gasteiger partial charge < -0.3 is 53.2 Å². The van der Waals surface area contributed by atoms with Crippen LogP contribution in [0, 0.1) is 0 Å². The van der Waals surface area contributed by atoms with Gasteiger partial charge in [0.15, 0.2) is 0 Å². The first kappa shape index (κ1) is 42.0. The van der Waals surface area contributed by atoms with E-state index in [-0.39, 0.29) is 43.6 Å². The van der Waals surface area contributed by atoms with E-state index >= 15 is 0 Å². The van der Waals surface area contributed by atoms with E-state index in [4.69, 9.17) is 43.0 Å². The Hall–Kier alpha value is -3.73. The number of carboxylic acid groups (broad SMARTS) is 1. The molecular weight excluding hydrogens is 688 g/mol. The van der Waals surface area contributed by atoms with Gasteiger partial charge in [0.05, 0.1) is 119 Å². The summed E-state index contributed by atoms with van der Waals surface area (Å²) in [6.45, 7) is 7.45. The van der Waals surface area contributed by atoms with Crippen LogP contribution >= 0.6 is 0 Å². The van der Waals surface area contributed by atoms with Crippen molar-refractivity contribution in [3.63, 3.8) is 0 Å². The van der Waals surface area contributed by atoms with E-state index in [0.29, 0.717) is 112 Å². The third-order valence-corrected chi connectivity index (χ3v) is 8.29. The minimum atomic E-state index is -0.881.